The first-order valence-corrected chi connectivity index (χ1v) is 25.3. The highest BCUT2D eigenvalue weighted by atomic mass is 14.9. The second-order valence-corrected chi connectivity index (χ2v) is 23.4. The molecule has 0 bridgehead atoms. The largest absolute Gasteiger partial charge is 0.308 e. The molecule has 0 aliphatic carbocycles. The fourth-order valence-electron chi connectivity index (χ4n) is 12.2. The van der Waals surface area contributed by atoms with Gasteiger partial charge in [-0.25, -0.2) is 0 Å². The lowest BCUT2D eigenvalue weighted by molar-refractivity contribution is 0.587. The molecule has 70 heavy (non-hydrogen) atoms. The molecule has 0 radical (unpaired) electrons. The van der Waals surface area contributed by atoms with Gasteiger partial charge in [-0.1, -0.05) is 215 Å². The van der Waals surface area contributed by atoms with Gasteiger partial charge in [0, 0.05) is 53.9 Å². The maximum absolute atomic E-state index is 2.62. The highest BCUT2D eigenvalue weighted by molar-refractivity contribution is 6.45. The summed E-state index contributed by atoms with van der Waals surface area (Å²) in [6.07, 6.45) is 0. The van der Waals surface area contributed by atoms with Crippen LogP contribution in [0.2, 0.25) is 0 Å². The molecule has 13 aromatic rings. The van der Waals surface area contributed by atoms with E-state index < -0.39 is 0 Å². The van der Waals surface area contributed by atoms with Crippen molar-refractivity contribution in [2.45, 2.75) is 90.9 Å². The van der Waals surface area contributed by atoms with Crippen LogP contribution >= 0.6 is 0 Å². The molecule has 342 valence electrons. The van der Waals surface area contributed by atoms with Crippen molar-refractivity contribution in [3.63, 3.8) is 0 Å². The Morgan fingerprint density at radius 3 is 0.943 bits per heavy atom. The Hall–Kier alpha value is -7.42. The summed E-state index contributed by atoms with van der Waals surface area (Å²) in [5, 5.41) is 10.5. The highest BCUT2D eigenvalue weighted by Crippen LogP contribution is 2.53. The lowest BCUT2D eigenvalue weighted by Gasteiger charge is -2.28. The number of benzene rings is 9. The Morgan fingerprint density at radius 2 is 0.586 bits per heavy atom. The van der Waals surface area contributed by atoms with Crippen molar-refractivity contribution in [2.75, 3.05) is 0 Å². The topological polar surface area (TPSA) is 8.82 Å². The molecular weight excluding hydrogens is 845 g/mol. The van der Waals surface area contributed by atoms with Gasteiger partial charge in [0.15, 0.2) is 0 Å². The summed E-state index contributed by atoms with van der Waals surface area (Å²) in [6.45, 7) is 23.4. The molecule has 0 aliphatic rings. The lowest BCUT2D eigenvalue weighted by Crippen LogP contribution is -2.19. The molecule has 0 fully saturated rings. The summed E-state index contributed by atoms with van der Waals surface area (Å²) in [7, 11) is 0. The first-order chi connectivity index (χ1) is 33.5. The molecule has 4 heterocycles. The van der Waals surface area contributed by atoms with E-state index in [1.54, 1.807) is 0 Å². The van der Waals surface area contributed by atoms with E-state index in [9.17, 15) is 0 Å². The normalized spacial score (nSPS) is 13.3. The van der Waals surface area contributed by atoms with E-state index in [1.807, 2.05) is 0 Å². The maximum atomic E-state index is 2.62. The standard InChI is InChI=1S/C68H60N2/c1-65(2,3)45-23-27-47(28-24-45)67(7,8)49-31-35-55-53(39-49)61-59-51-33-21-44(42-19-15-12-16-20-42)38-58(51)70-56-36-32-50(68(9,10)48-29-25-46(26-30-48)66(4,5)6)40-54(56)62(64(59)70)60-52-34-22-43(41-17-13-11-14-18-41)37-57(52)69(55)63(60)61/h11-40H,1-10H3. The molecule has 4 aromatic heterocycles. The average Bonchev–Trinajstić information content (AvgIpc) is 4.09. The third-order valence-corrected chi connectivity index (χ3v) is 16.5. The molecule has 9 aromatic carbocycles. The van der Waals surface area contributed by atoms with Crippen LogP contribution in [0.25, 0.3) is 98.4 Å². The van der Waals surface area contributed by atoms with Crippen LogP contribution in [-0.4, -0.2) is 8.80 Å². The summed E-state index contributed by atoms with van der Waals surface area (Å²) >= 11 is 0. The molecule has 0 unspecified atom stereocenters. The number of fused-ring (bicyclic) bond motifs is 14. The van der Waals surface area contributed by atoms with E-state index >= 15 is 0 Å². The van der Waals surface area contributed by atoms with E-state index in [4.69, 9.17) is 0 Å². The minimum absolute atomic E-state index is 0.0936. The van der Waals surface area contributed by atoms with Gasteiger partial charge in [0.05, 0.1) is 33.1 Å². The van der Waals surface area contributed by atoms with Crippen LogP contribution in [0, 0.1) is 0 Å². The van der Waals surface area contributed by atoms with Gasteiger partial charge in [0.1, 0.15) is 0 Å². The quantitative estimate of drug-likeness (QED) is 0.157. The molecule has 0 N–H and O–H groups in total. The maximum Gasteiger partial charge on any atom is 0.0634 e. The lowest BCUT2D eigenvalue weighted by atomic mass is 9.76. The van der Waals surface area contributed by atoms with Crippen molar-refractivity contribution in [1.29, 1.82) is 0 Å². The number of hydrogen-bond acceptors (Lipinski definition) is 0. The Kier molecular flexibility index (Phi) is 8.88. The molecule has 2 nitrogen and oxygen atoms in total. The van der Waals surface area contributed by atoms with Crippen LogP contribution < -0.4 is 0 Å². The van der Waals surface area contributed by atoms with E-state index in [2.05, 4.69) is 260 Å². The summed E-state index contributed by atoms with van der Waals surface area (Å²) < 4.78 is 5.24. The third-order valence-electron chi connectivity index (χ3n) is 16.5. The average molecular weight is 905 g/mol. The minimum atomic E-state index is -0.234. The van der Waals surface area contributed by atoms with Crippen molar-refractivity contribution in [3.05, 3.63) is 215 Å². The fraction of sp³-hybridized carbons (Fsp3) is 0.206. The summed E-state index contributed by atoms with van der Waals surface area (Å²) in [5.74, 6) is 0. The number of aromatic nitrogens is 2. The minimum Gasteiger partial charge on any atom is -0.308 e. The monoisotopic (exact) mass is 904 g/mol. The highest BCUT2D eigenvalue weighted by Gasteiger charge is 2.32. The van der Waals surface area contributed by atoms with Crippen molar-refractivity contribution in [1.82, 2.24) is 8.80 Å². The van der Waals surface area contributed by atoms with Gasteiger partial charge in [0.25, 0.3) is 0 Å². The zero-order valence-electron chi connectivity index (χ0n) is 42.2. The second kappa shape index (κ2) is 14.6. The zero-order valence-corrected chi connectivity index (χ0v) is 42.2. The van der Waals surface area contributed by atoms with Gasteiger partial charge in [-0.15, -0.1) is 0 Å². The van der Waals surface area contributed by atoms with Crippen molar-refractivity contribution in [2.24, 2.45) is 0 Å². The number of nitrogens with zero attached hydrogens (tertiary/aromatic N) is 2. The smallest absolute Gasteiger partial charge is 0.0634 e. The molecule has 0 saturated heterocycles. The predicted octanol–water partition coefficient (Wildman–Crippen LogP) is 18.6. The Morgan fingerprint density at radius 1 is 0.257 bits per heavy atom. The molecule has 0 spiro atoms. The van der Waals surface area contributed by atoms with Crippen molar-refractivity contribution >= 4 is 76.2 Å². The van der Waals surface area contributed by atoms with Crippen molar-refractivity contribution < 1.29 is 0 Å². The SMILES string of the molecule is CC(C)(C)c1ccc(C(C)(C)c2ccc3c(c2)c2c4c5ccc(-c6ccccc6)cc5n5c6ccc(C(C)(C)c7ccc(C(C)(C)C)cc7)cc6c(c6c7ccc(-c8ccccc8)cc7n3c26)c45)cc1. The van der Waals surface area contributed by atoms with Gasteiger partial charge < -0.3 is 8.80 Å². The molecule has 13 rings (SSSR count). The molecule has 0 amide bonds. The van der Waals surface area contributed by atoms with Gasteiger partial charge in [-0.3, -0.25) is 0 Å². The Balaban J connectivity index is 1.17. The van der Waals surface area contributed by atoms with Crippen LogP contribution in [-0.2, 0) is 21.7 Å². The van der Waals surface area contributed by atoms with Gasteiger partial charge in [0.2, 0.25) is 0 Å². The third kappa shape index (κ3) is 6.05. The molecule has 0 atom stereocenters. The Labute approximate surface area is 411 Å². The second-order valence-electron chi connectivity index (χ2n) is 23.4. The number of hydrogen-bond donors (Lipinski definition) is 0. The van der Waals surface area contributed by atoms with Crippen LogP contribution in [0.4, 0.5) is 0 Å². The zero-order chi connectivity index (χ0) is 48.2. The van der Waals surface area contributed by atoms with Gasteiger partial charge in [-0.2, -0.15) is 0 Å². The number of rotatable bonds is 6. The summed E-state index contributed by atoms with van der Waals surface area (Å²) in [6, 6.07) is 69.6. The van der Waals surface area contributed by atoms with Crippen LogP contribution in [0.1, 0.15) is 103 Å². The van der Waals surface area contributed by atoms with E-state index in [0.29, 0.717) is 0 Å². The fourth-order valence-corrected chi connectivity index (χ4v) is 12.2. The van der Waals surface area contributed by atoms with Crippen molar-refractivity contribution in [3.8, 4) is 22.3 Å². The molecule has 2 heteroatoms. The first-order valence-electron chi connectivity index (χ1n) is 25.3. The molecule has 0 aliphatic heterocycles. The van der Waals surface area contributed by atoms with Crippen LogP contribution in [0.15, 0.2) is 182 Å². The van der Waals surface area contributed by atoms with E-state index in [1.165, 1.54) is 132 Å². The summed E-state index contributed by atoms with van der Waals surface area (Å²) in [5.41, 5.74) is 20.2. The summed E-state index contributed by atoms with van der Waals surface area (Å²) in [4.78, 5) is 0. The Bertz CT molecular complexity index is 3910. The molecule has 0 saturated carbocycles. The van der Waals surface area contributed by atoms with Crippen LogP contribution in [0.5, 0.6) is 0 Å². The van der Waals surface area contributed by atoms with E-state index in [0.717, 1.165) is 0 Å². The predicted molar refractivity (Wildman–Crippen MR) is 301 cm³/mol. The molecular formula is C68H60N2. The van der Waals surface area contributed by atoms with E-state index in [-0.39, 0.29) is 21.7 Å². The van der Waals surface area contributed by atoms with Gasteiger partial charge in [-0.05, 0) is 103 Å². The van der Waals surface area contributed by atoms with Gasteiger partial charge >= 0.3 is 0 Å². The van der Waals surface area contributed by atoms with Crippen LogP contribution in [0.3, 0.4) is 0 Å². The first kappa shape index (κ1) is 42.7.